The summed E-state index contributed by atoms with van der Waals surface area (Å²) in [5.74, 6) is 0. The lowest BCUT2D eigenvalue weighted by Gasteiger charge is -2.29. The molecule has 0 aliphatic carbocycles. The van der Waals surface area contributed by atoms with Gasteiger partial charge in [-0.25, -0.2) is 4.98 Å². The van der Waals surface area contributed by atoms with Crippen LogP contribution in [0.25, 0.3) is 0 Å². The van der Waals surface area contributed by atoms with E-state index in [1.165, 1.54) is 5.56 Å². The smallest absolute Gasteiger partial charge is 0.158 e. The third-order valence-electron chi connectivity index (χ3n) is 3.78. The van der Waals surface area contributed by atoms with Gasteiger partial charge in [-0.2, -0.15) is 5.10 Å². The van der Waals surface area contributed by atoms with Gasteiger partial charge in [0.05, 0.1) is 19.3 Å². The van der Waals surface area contributed by atoms with E-state index in [9.17, 15) is 0 Å². The van der Waals surface area contributed by atoms with E-state index in [2.05, 4.69) is 10.1 Å². The second-order valence-electron chi connectivity index (χ2n) is 5.48. The van der Waals surface area contributed by atoms with Crippen molar-refractivity contribution in [2.75, 3.05) is 6.61 Å². The Labute approximate surface area is 135 Å². The molecule has 2 atom stereocenters. The number of benzene rings is 1. The van der Waals surface area contributed by atoms with Gasteiger partial charge in [-0.1, -0.05) is 23.7 Å². The van der Waals surface area contributed by atoms with Crippen molar-refractivity contribution in [3.63, 3.8) is 0 Å². The third kappa shape index (κ3) is 4.53. The van der Waals surface area contributed by atoms with E-state index in [1.54, 1.807) is 17.3 Å². The molecule has 6 heteroatoms. The zero-order valence-corrected chi connectivity index (χ0v) is 13.2. The Bertz CT molecular complexity index is 559. The van der Waals surface area contributed by atoms with Crippen molar-refractivity contribution in [1.82, 2.24) is 14.8 Å². The maximum Gasteiger partial charge on any atom is 0.158 e. The molecule has 1 saturated heterocycles. The highest BCUT2D eigenvalue weighted by atomic mass is 35.5. The fourth-order valence-electron chi connectivity index (χ4n) is 2.61. The van der Waals surface area contributed by atoms with Crippen LogP contribution in [0, 0.1) is 0 Å². The monoisotopic (exact) mass is 321 g/mol. The zero-order valence-electron chi connectivity index (χ0n) is 12.4. The van der Waals surface area contributed by atoms with Gasteiger partial charge in [-0.3, -0.25) is 4.68 Å². The van der Waals surface area contributed by atoms with Gasteiger partial charge < -0.3 is 9.47 Å². The van der Waals surface area contributed by atoms with Crippen LogP contribution in [-0.2, 0) is 22.4 Å². The van der Waals surface area contributed by atoms with Crippen LogP contribution in [0.5, 0.6) is 0 Å². The summed E-state index contributed by atoms with van der Waals surface area (Å²) >= 11 is 5.88. The Balaban J connectivity index is 1.41. The van der Waals surface area contributed by atoms with Gasteiger partial charge in [-0.05, 0) is 43.4 Å². The molecule has 0 saturated carbocycles. The molecule has 0 radical (unpaired) electrons. The minimum atomic E-state index is -0.116. The molecule has 118 valence electrons. The second-order valence-corrected chi connectivity index (χ2v) is 5.92. The second kappa shape index (κ2) is 7.72. The molecular weight excluding hydrogens is 302 g/mol. The molecule has 0 N–H and O–H groups in total. The predicted molar refractivity (Wildman–Crippen MR) is 83.6 cm³/mol. The van der Waals surface area contributed by atoms with Gasteiger partial charge in [0.25, 0.3) is 0 Å². The van der Waals surface area contributed by atoms with Gasteiger partial charge >= 0.3 is 0 Å². The molecule has 0 spiro atoms. The highest BCUT2D eigenvalue weighted by Gasteiger charge is 2.23. The molecule has 3 rings (SSSR count). The average molecular weight is 322 g/mol. The van der Waals surface area contributed by atoms with Crippen molar-refractivity contribution < 1.29 is 9.47 Å². The number of rotatable bonds is 6. The van der Waals surface area contributed by atoms with E-state index in [0.29, 0.717) is 6.61 Å². The number of nitrogens with zero attached hydrogens (tertiary/aromatic N) is 3. The van der Waals surface area contributed by atoms with Crippen molar-refractivity contribution >= 4 is 11.6 Å². The maximum atomic E-state index is 5.98. The van der Waals surface area contributed by atoms with Crippen LogP contribution in [0.15, 0.2) is 36.9 Å². The third-order valence-corrected chi connectivity index (χ3v) is 4.03. The summed E-state index contributed by atoms with van der Waals surface area (Å²) in [7, 11) is 0. The SMILES string of the molecule is Clc1ccc(CCOC2CCCC(Cn3cncn3)O2)cc1. The minimum Gasteiger partial charge on any atom is -0.352 e. The summed E-state index contributed by atoms with van der Waals surface area (Å²) in [4.78, 5) is 3.95. The van der Waals surface area contributed by atoms with Crippen LogP contribution < -0.4 is 0 Å². The van der Waals surface area contributed by atoms with Gasteiger partial charge in [0, 0.05) is 5.02 Å². The van der Waals surface area contributed by atoms with E-state index in [-0.39, 0.29) is 12.4 Å². The lowest BCUT2D eigenvalue weighted by molar-refractivity contribution is -0.196. The zero-order chi connectivity index (χ0) is 15.2. The maximum absolute atomic E-state index is 5.98. The van der Waals surface area contributed by atoms with Gasteiger partial charge in [0.1, 0.15) is 12.7 Å². The number of halogens is 1. The molecule has 1 aliphatic rings. The first kappa shape index (κ1) is 15.5. The molecule has 2 aromatic rings. The summed E-state index contributed by atoms with van der Waals surface area (Å²) in [6.45, 7) is 1.39. The van der Waals surface area contributed by atoms with Gasteiger partial charge in [-0.15, -0.1) is 0 Å². The first-order valence-electron chi connectivity index (χ1n) is 7.63. The van der Waals surface area contributed by atoms with Crippen LogP contribution in [0.3, 0.4) is 0 Å². The Morgan fingerprint density at radius 3 is 2.91 bits per heavy atom. The first-order chi connectivity index (χ1) is 10.8. The lowest BCUT2D eigenvalue weighted by Crippen LogP contribution is -2.33. The molecule has 0 bridgehead atoms. The van der Waals surface area contributed by atoms with Crippen molar-refractivity contribution in [2.24, 2.45) is 0 Å². The summed E-state index contributed by atoms with van der Waals surface area (Å²) in [5, 5.41) is 4.88. The first-order valence-corrected chi connectivity index (χ1v) is 8.01. The van der Waals surface area contributed by atoms with Crippen molar-refractivity contribution in [2.45, 2.75) is 44.6 Å². The molecular formula is C16H20ClN3O2. The normalized spacial score (nSPS) is 21.9. The largest absolute Gasteiger partial charge is 0.352 e. The molecule has 22 heavy (non-hydrogen) atoms. The molecule has 2 unspecified atom stereocenters. The standard InChI is InChI=1S/C16H20ClN3O2/c17-14-6-4-13(5-7-14)8-9-21-16-3-1-2-15(22-16)10-20-12-18-11-19-20/h4-7,11-12,15-16H,1-3,8-10H2. The van der Waals surface area contributed by atoms with Crippen molar-refractivity contribution in [3.8, 4) is 0 Å². The lowest BCUT2D eigenvalue weighted by atomic mass is 10.1. The Morgan fingerprint density at radius 2 is 2.14 bits per heavy atom. The Morgan fingerprint density at radius 1 is 1.27 bits per heavy atom. The molecule has 2 heterocycles. The summed E-state index contributed by atoms with van der Waals surface area (Å²) in [6, 6.07) is 7.87. The highest BCUT2D eigenvalue weighted by Crippen LogP contribution is 2.21. The summed E-state index contributed by atoms with van der Waals surface area (Å²) in [5.41, 5.74) is 1.22. The van der Waals surface area contributed by atoms with Crippen LogP contribution in [0.2, 0.25) is 5.02 Å². The number of aromatic nitrogens is 3. The Kier molecular flexibility index (Phi) is 5.43. The van der Waals surface area contributed by atoms with Crippen molar-refractivity contribution in [1.29, 1.82) is 0 Å². The fourth-order valence-corrected chi connectivity index (χ4v) is 2.74. The molecule has 1 aromatic carbocycles. The molecule has 0 amide bonds. The van der Waals surface area contributed by atoms with Crippen LogP contribution in [0.1, 0.15) is 24.8 Å². The van der Waals surface area contributed by atoms with E-state index in [4.69, 9.17) is 21.1 Å². The van der Waals surface area contributed by atoms with Gasteiger partial charge in [0.2, 0.25) is 0 Å². The number of hydrogen-bond donors (Lipinski definition) is 0. The predicted octanol–water partition coefficient (Wildman–Crippen LogP) is 3.09. The van der Waals surface area contributed by atoms with E-state index >= 15 is 0 Å². The van der Waals surface area contributed by atoms with Crippen LogP contribution in [0.4, 0.5) is 0 Å². The number of hydrogen-bond acceptors (Lipinski definition) is 4. The van der Waals surface area contributed by atoms with Crippen molar-refractivity contribution in [3.05, 3.63) is 47.5 Å². The van der Waals surface area contributed by atoms with Gasteiger partial charge in [0.15, 0.2) is 6.29 Å². The Hall–Kier alpha value is -1.43. The van der Waals surface area contributed by atoms with E-state index < -0.39 is 0 Å². The van der Waals surface area contributed by atoms with E-state index in [0.717, 1.165) is 37.3 Å². The summed E-state index contributed by atoms with van der Waals surface area (Å²) in [6.07, 6.45) is 7.27. The molecule has 5 nitrogen and oxygen atoms in total. The topological polar surface area (TPSA) is 49.2 Å². The summed E-state index contributed by atoms with van der Waals surface area (Å²) < 4.78 is 13.7. The number of ether oxygens (including phenoxy) is 2. The quantitative estimate of drug-likeness (QED) is 0.820. The molecule has 1 aromatic heterocycles. The molecule has 1 aliphatic heterocycles. The van der Waals surface area contributed by atoms with Crippen LogP contribution in [-0.4, -0.2) is 33.8 Å². The van der Waals surface area contributed by atoms with Crippen LogP contribution >= 0.6 is 11.6 Å². The average Bonchev–Trinajstić information content (AvgIpc) is 3.03. The fraction of sp³-hybridized carbons (Fsp3) is 0.500. The highest BCUT2D eigenvalue weighted by molar-refractivity contribution is 6.30. The molecule has 1 fully saturated rings. The minimum absolute atomic E-state index is 0.116. The van der Waals surface area contributed by atoms with E-state index in [1.807, 2.05) is 24.3 Å².